The highest BCUT2D eigenvalue weighted by Crippen LogP contribution is 2.32. The molecule has 1 amide bonds. The zero-order chi connectivity index (χ0) is 17.4. The fraction of sp³-hybridized carbons (Fsp3) is 0.250. The van der Waals surface area contributed by atoms with Gasteiger partial charge in [0.1, 0.15) is 0 Å². The van der Waals surface area contributed by atoms with Crippen molar-refractivity contribution >= 4 is 16.8 Å². The number of rotatable bonds is 4. The number of nitrogens with one attached hydrogen (secondary N) is 2. The van der Waals surface area contributed by atoms with Gasteiger partial charge in [0.25, 0.3) is 0 Å². The summed E-state index contributed by atoms with van der Waals surface area (Å²) in [6.07, 6.45) is 0.361. The van der Waals surface area contributed by atoms with Gasteiger partial charge in [0.2, 0.25) is 12.7 Å². The standard InChI is InChI=1S/C20H20N2O3/c1-12-3-5-17-16(7-12)15(13(2)22-17)9-20(23)21-10-14-4-6-18-19(8-14)25-11-24-18/h3-8,22H,9-11H2,1-2H3,(H,21,23). The van der Waals surface area contributed by atoms with Crippen LogP contribution in [0, 0.1) is 13.8 Å². The molecule has 0 radical (unpaired) electrons. The minimum absolute atomic E-state index is 0.00294. The molecule has 0 bridgehead atoms. The van der Waals surface area contributed by atoms with Crippen LogP contribution in [0.25, 0.3) is 10.9 Å². The lowest BCUT2D eigenvalue weighted by Gasteiger charge is -2.07. The van der Waals surface area contributed by atoms with Crippen LogP contribution in [-0.4, -0.2) is 17.7 Å². The number of aromatic nitrogens is 1. The highest BCUT2D eigenvalue weighted by molar-refractivity contribution is 5.90. The van der Waals surface area contributed by atoms with Gasteiger partial charge in [-0.2, -0.15) is 0 Å². The van der Waals surface area contributed by atoms with Crippen molar-refractivity contribution in [2.24, 2.45) is 0 Å². The molecule has 0 saturated heterocycles. The maximum atomic E-state index is 12.4. The predicted molar refractivity (Wildman–Crippen MR) is 95.9 cm³/mol. The normalized spacial score (nSPS) is 12.6. The maximum Gasteiger partial charge on any atom is 0.231 e. The van der Waals surface area contributed by atoms with Crippen LogP contribution in [0.3, 0.4) is 0 Å². The Morgan fingerprint density at radius 2 is 1.96 bits per heavy atom. The molecule has 128 valence electrons. The molecule has 2 N–H and O–H groups in total. The Hall–Kier alpha value is -2.95. The van der Waals surface area contributed by atoms with Gasteiger partial charge in [0.15, 0.2) is 11.5 Å². The number of H-pyrrole nitrogens is 1. The monoisotopic (exact) mass is 336 g/mol. The largest absolute Gasteiger partial charge is 0.454 e. The second-order valence-corrected chi connectivity index (χ2v) is 6.42. The van der Waals surface area contributed by atoms with E-state index in [0.717, 1.165) is 39.2 Å². The van der Waals surface area contributed by atoms with E-state index in [1.54, 1.807) is 0 Å². The van der Waals surface area contributed by atoms with Crippen LogP contribution in [0.15, 0.2) is 36.4 Å². The van der Waals surface area contributed by atoms with Crippen molar-refractivity contribution in [3.63, 3.8) is 0 Å². The number of benzene rings is 2. The number of carbonyl (C=O) groups excluding carboxylic acids is 1. The van der Waals surface area contributed by atoms with E-state index < -0.39 is 0 Å². The van der Waals surface area contributed by atoms with Crippen LogP contribution >= 0.6 is 0 Å². The molecule has 2 heterocycles. The maximum absolute atomic E-state index is 12.4. The lowest BCUT2D eigenvalue weighted by molar-refractivity contribution is -0.120. The summed E-state index contributed by atoms with van der Waals surface area (Å²) in [6.45, 7) is 4.79. The van der Waals surface area contributed by atoms with Crippen LogP contribution in [0.4, 0.5) is 0 Å². The quantitative estimate of drug-likeness (QED) is 0.768. The summed E-state index contributed by atoms with van der Waals surface area (Å²) < 4.78 is 10.7. The van der Waals surface area contributed by atoms with Crippen LogP contribution in [-0.2, 0) is 17.8 Å². The molecular formula is C20H20N2O3. The van der Waals surface area contributed by atoms with Crippen molar-refractivity contribution < 1.29 is 14.3 Å². The molecule has 0 atom stereocenters. The highest BCUT2D eigenvalue weighted by atomic mass is 16.7. The Labute approximate surface area is 146 Å². The lowest BCUT2D eigenvalue weighted by atomic mass is 10.1. The second kappa shape index (κ2) is 6.16. The summed E-state index contributed by atoms with van der Waals surface area (Å²) in [5.41, 5.74) is 5.35. The van der Waals surface area contributed by atoms with E-state index >= 15 is 0 Å². The van der Waals surface area contributed by atoms with Gasteiger partial charge in [-0.25, -0.2) is 0 Å². The van der Waals surface area contributed by atoms with Crippen molar-refractivity contribution in [2.75, 3.05) is 6.79 Å². The van der Waals surface area contributed by atoms with Crippen molar-refractivity contribution in [3.8, 4) is 11.5 Å². The average Bonchev–Trinajstić information content (AvgIpc) is 3.17. The Kier molecular flexibility index (Phi) is 3.84. The van der Waals surface area contributed by atoms with Gasteiger partial charge in [-0.15, -0.1) is 0 Å². The first-order chi connectivity index (χ1) is 12.1. The van der Waals surface area contributed by atoms with Crippen LogP contribution < -0.4 is 14.8 Å². The predicted octanol–water partition coefficient (Wildman–Crippen LogP) is 3.37. The molecule has 0 fully saturated rings. The Bertz CT molecular complexity index is 959. The molecule has 1 aliphatic rings. The lowest BCUT2D eigenvalue weighted by Crippen LogP contribution is -2.24. The number of amides is 1. The Morgan fingerprint density at radius 3 is 2.84 bits per heavy atom. The van der Waals surface area contributed by atoms with E-state index in [0.29, 0.717) is 13.0 Å². The van der Waals surface area contributed by atoms with E-state index in [1.165, 1.54) is 5.56 Å². The summed E-state index contributed by atoms with van der Waals surface area (Å²) in [5.74, 6) is 1.48. The van der Waals surface area contributed by atoms with Crippen LogP contribution in [0.1, 0.15) is 22.4 Å². The number of hydrogen-bond donors (Lipinski definition) is 2. The van der Waals surface area contributed by atoms with E-state index in [-0.39, 0.29) is 12.7 Å². The molecule has 4 rings (SSSR count). The highest BCUT2D eigenvalue weighted by Gasteiger charge is 2.15. The van der Waals surface area contributed by atoms with Gasteiger partial charge in [-0.3, -0.25) is 4.79 Å². The molecule has 5 heteroatoms. The Balaban J connectivity index is 1.46. The SMILES string of the molecule is Cc1ccc2[nH]c(C)c(CC(=O)NCc3ccc4c(c3)OCO4)c2c1. The third-order valence-corrected chi connectivity index (χ3v) is 4.54. The average molecular weight is 336 g/mol. The summed E-state index contributed by atoms with van der Waals surface area (Å²) in [7, 11) is 0. The first kappa shape index (κ1) is 15.6. The molecule has 3 aromatic rings. The number of ether oxygens (including phenoxy) is 2. The number of fused-ring (bicyclic) bond motifs is 2. The van der Waals surface area contributed by atoms with Gasteiger partial charge in [0.05, 0.1) is 6.42 Å². The molecule has 1 aliphatic heterocycles. The Morgan fingerprint density at radius 1 is 1.12 bits per heavy atom. The minimum atomic E-state index is 0.00294. The van der Waals surface area contributed by atoms with Crippen molar-refractivity contribution in [3.05, 3.63) is 58.8 Å². The molecule has 25 heavy (non-hydrogen) atoms. The molecule has 0 unspecified atom stereocenters. The van der Waals surface area contributed by atoms with Crippen LogP contribution in [0.2, 0.25) is 0 Å². The third-order valence-electron chi connectivity index (χ3n) is 4.54. The molecule has 0 saturated carbocycles. The summed E-state index contributed by atoms with van der Waals surface area (Å²) in [5, 5.41) is 4.11. The van der Waals surface area contributed by atoms with Crippen molar-refractivity contribution in [2.45, 2.75) is 26.8 Å². The van der Waals surface area contributed by atoms with Gasteiger partial charge >= 0.3 is 0 Å². The zero-order valence-corrected chi connectivity index (χ0v) is 14.3. The van der Waals surface area contributed by atoms with Crippen LogP contribution in [0.5, 0.6) is 11.5 Å². The smallest absolute Gasteiger partial charge is 0.231 e. The summed E-state index contributed by atoms with van der Waals surface area (Å²) >= 11 is 0. The summed E-state index contributed by atoms with van der Waals surface area (Å²) in [4.78, 5) is 15.8. The minimum Gasteiger partial charge on any atom is -0.454 e. The molecule has 0 spiro atoms. The number of aromatic amines is 1. The van der Waals surface area contributed by atoms with Gasteiger partial charge in [-0.05, 0) is 49.2 Å². The first-order valence-electron chi connectivity index (χ1n) is 8.33. The first-order valence-corrected chi connectivity index (χ1v) is 8.33. The second-order valence-electron chi connectivity index (χ2n) is 6.42. The van der Waals surface area contributed by atoms with Crippen molar-refractivity contribution in [1.29, 1.82) is 0 Å². The van der Waals surface area contributed by atoms with E-state index in [1.807, 2.05) is 25.1 Å². The number of aryl methyl sites for hydroxylation is 2. The molecule has 5 nitrogen and oxygen atoms in total. The molecule has 2 aromatic carbocycles. The van der Waals surface area contributed by atoms with Gasteiger partial charge < -0.3 is 19.8 Å². The third kappa shape index (κ3) is 3.05. The fourth-order valence-electron chi connectivity index (χ4n) is 3.20. The van der Waals surface area contributed by atoms with E-state index in [2.05, 4.69) is 35.4 Å². The molecule has 0 aliphatic carbocycles. The number of carbonyl (C=O) groups is 1. The van der Waals surface area contributed by atoms with E-state index in [9.17, 15) is 4.79 Å². The summed E-state index contributed by atoms with van der Waals surface area (Å²) in [6, 6.07) is 12.0. The van der Waals surface area contributed by atoms with E-state index in [4.69, 9.17) is 9.47 Å². The zero-order valence-electron chi connectivity index (χ0n) is 14.3. The molecular weight excluding hydrogens is 316 g/mol. The van der Waals surface area contributed by atoms with Gasteiger partial charge in [0, 0.05) is 23.1 Å². The van der Waals surface area contributed by atoms with Gasteiger partial charge in [-0.1, -0.05) is 17.7 Å². The fourth-order valence-corrected chi connectivity index (χ4v) is 3.20. The molecule has 1 aromatic heterocycles. The topological polar surface area (TPSA) is 63.4 Å². The number of hydrogen-bond acceptors (Lipinski definition) is 3. The van der Waals surface area contributed by atoms with Crippen molar-refractivity contribution in [1.82, 2.24) is 10.3 Å².